The number of nitrogens with zero attached hydrogens (tertiary/aromatic N) is 1. The molecule has 7 aromatic carbocycles. The number of anilines is 3. The van der Waals surface area contributed by atoms with Crippen LogP contribution in [0, 0.1) is 0 Å². The van der Waals surface area contributed by atoms with Crippen LogP contribution < -0.4 is 4.90 Å². The Morgan fingerprint density at radius 3 is 1.76 bits per heavy atom. The highest BCUT2D eigenvalue weighted by Gasteiger charge is 2.23. The van der Waals surface area contributed by atoms with Crippen molar-refractivity contribution in [3.63, 3.8) is 0 Å². The van der Waals surface area contributed by atoms with Crippen LogP contribution in [0.25, 0.3) is 42.1 Å². The highest BCUT2D eigenvalue weighted by atomic mass is 32.1. The molecule has 0 spiro atoms. The largest absolute Gasteiger partial charge is 0.310 e. The fraction of sp³-hybridized carbons (Fsp3) is 0.0698. The lowest BCUT2D eigenvalue weighted by atomic mass is 9.78. The Morgan fingerprint density at radius 2 is 1.02 bits per heavy atom. The van der Waals surface area contributed by atoms with Crippen molar-refractivity contribution in [1.82, 2.24) is 0 Å². The maximum Gasteiger partial charge on any atom is 0.0476 e. The Balaban J connectivity index is 1.25. The van der Waals surface area contributed by atoms with Gasteiger partial charge in [-0.15, -0.1) is 11.3 Å². The van der Waals surface area contributed by atoms with E-state index in [-0.39, 0.29) is 5.41 Å². The molecule has 8 rings (SSSR count). The Hall–Kier alpha value is -5.18. The summed E-state index contributed by atoms with van der Waals surface area (Å²) in [5, 5.41) is 5.27. The fourth-order valence-corrected chi connectivity index (χ4v) is 7.76. The van der Waals surface area contributed by atoms with Crippen molar-refractivity contribution in [3.8, 4) is 11.1 Å². The summed E-state index contributed by atoms with van der Waals surface area (Å²) in [4.78, 5) is 2.38. The minimum absolute atomic E-state index is 0.0965. The maximum absolute atomic E-state index is 2.38. The monoisotopic (exact) mass is 595 g/mol. The van der Waals surface area contributed by atoms with Crippen molar-refractivity contribution in [2.75, 3.05) is 4.90 Å². The first-order valence-corrected chi connectivity index (χ1v) is 16.3. The Morgan fingerprint density at radius 1 is 0.444 bits per heavy atom. The number of rotatable bonds is 6. The number of fused-ring (bicyclic) bond motifs is 5. The second-order valence-corrected chi connectivity index (χ2v) is 13.3. The van der Waals surface area contributed by atoms with Crippen molar-refractivity contribution in [3.05, 3.63) is 175 Å². The molecule has 0 radical (unpaired) electrons. The van der Waals surface area contributed by atoms with Gasteiger partial charge in [-0.1, -0.05) is 135 Å². The van der Waals surface area contributed by atoms with E-state index in [1.165, 1.54) is 53.2 Å². The lowest BCUT2D eigenvalue weighted by molar-refractivity contribution is 0.641. The summed E-state index contributed by atoms with van der Waals surface area (Å²) in [6.45, 7) is 4.60. The van der Waals surface area contributed by atoms with E-state index in [1.54, 1.807) is 0 Å². The second kappa shape index (κ2) is 11.1. The first-order chi connectivity index (χ1) is 22.1. The second-order valence-electron chi connectivity index (χ2n) is 12.2. The van der Waals surface area contributed by atoms with E-state index in [2.05, 4.69) is 183 Å². The number of benzene rings is 7. The molecule has 0 aliphatic carbocycles. The lowest BCUT2D eigenvalue weighted by Gasteiger charge is -2.29. The zero-order chi connectivity index (χ0) is 30.4. The summed E-state index contributed by atoms with van der Waals surface area (Å²) in [6, 6.07) is 59.6. The molecular formula is C43H33NS. The van der Waals surface area contributed by atoms with Crippen molar-refractivity contribution in [2.45, 2.75) is 19.3 Å². The quantitative estimate of drug-likeness (QED) is 0.185. The fourth-order valence-electron chi connectivity index (χ4n) is 6.60. The summed E-state index contributed by atoms with van der Waals surface area (Å²) in [5.41, 5.74) is 8.38. The van der Waals surface area contributed by atoms with Gasteiger partial charge in [-0.05, 0) is 75.5 Å². The molecular weight excluding hydrogens is 563 g/mol. The van der Waals surface area contributed by atoms with Gasteiger partial charge < -0.3 is 4.90 Å². The Bertz CT molecular complexity index is 2260. The van der Waals surface area contributed by atoms with E-state index >= 15 is 0 Å². The topological polar surface area (TPSA) is 3.24 Å². The summed E-state index contributed by atoms with van der Waals surface area (Å²) >= 11 is 1.87. The number of hydrogen-bond donors (Lipinski definition) is 0. The zero-order valence-electron chi connectivity index (χ0n) is 25.4. The number of thiophene rings is 1. The van der Waals surface area contributed by atoms with Crippen LogP contribution in [0.2, 0.25) is 0 Å². The predicted molar refractivity (Wildman–Crippen MR) is 196 cm³/mol. The van der Waals surface area contributed by atoms with E-state index in [0.29, 0.717) is 0 Å². The molecule has 0 fully saturated rings. The van der Waals surface area contributed by atoms with Crippen LogP contribution in [0.3, 0.4) is 0 Å². The summed E-state index contributed by atoms with van der Waals surface area (Å²) in [6.07, 6.45) is 0. The van der Waals surface area contributed by atoms with E-state index in [4.69, 9.17) is 0 Å². The van der Waals surface area contributed by atoms with Gasteiger partial charge in [0.2, 0.25) is 0 Å². The molecule has 0 N–H and O–H groups in total. The average Bonchev–Trinajstić information content (AvgIpc) is 3.48. The molecule has 1 heterocycles. The van der Waals surface area contributed by atoms with Crippen molar-refractivity contribution < 1.29 is 0 Å². The minimum Gasteiger partial charge on any atom is -0.310 e. The molecule has 8 aromatic rings. The first kappa shape index (κ1) is 27.4. The summed E-state index contributed by atoms with van der Waals surface area (Å²) < 4.78 is 2.62. The van der Waals surface area contributed by atoms with Crippen molar-refractivity contribution >= 4 is 59.3 Å². The molecule has 216 valence electrons. The SMILES string of the molecule is CC(C)(c1ccccc1)c1ccc(N(c2ccc(-c3ccccc3)cc2)c2ccc3c(c2)sc2ccc4ccccc4c23)cc1. The van der Waals surface area contributed by atoms with Gasteiger partial charge in [-0.2, -0.15) is 0 Å². The van der Waals surface area contributed by atoms with Crippen molar-refractivity contribution in [1.29, 1.82) is 0 Å². The Labute approximate surface area is 268 Å². The van der Waals surface area contributed by atoms with Crippen LogP contribution in [0.4, 0.5) is 17.1 Å². The predicted octanol–water partition coefficient (Wildman–Crippen LogP) is 12.7. The normalized spacial score (nSPS) is 11.8. The molecule has 1 nitrogen and oxygen atoms in total. The van der Waals surface area contributed by atoms with Gasteiger partial charge in [0.05, 0.1) is 0 Å². The summed E-state index contributed by atoms with van der Waals surface area (Å²) in [5.74, 6) is 0. The van der Waals surface area contributed by atoms with Crippen LogP contribution >= 0.6 is 11.3 Å². The molecule has 0 unspecified atom stereocenters. The minimum atomic E-state index is -0.0965. The molecule has 0 saturated heterocycles. The molecule has 0 bridgehead atoms. The molecule has 45 heavy (non-hydrogen) atoms. The highest BCUT2D eigenvalue weighted by Crippen LogP contribution is 2.43. The van der Waals surface area contributed by atoms with E-state index < -0.39 is 0 Å². The standard InChI is InChI=1S/C43H33NS/c1-43(2,33-14-7-4-8-15-33)34-20-24-36(25-21-34)44(35-22-17-31(18-23-35)30-11-5-3-6-12-30)37-26-27-39-41(29-37)45-40-28-19-32-13-9-10-16-38(32)42(39)40/h3-29H,1-2H3. The average molecular weight is 596 g/mol. The molecule has 1 aromatic heterocycles. The third-order valence-electron chi connectivity index (χ3n) is 9.18. The van der Waals surface area contributed by atoms with E-state index in [9.17, 15) is 0 Å². The van der Waals surface area contributed by atoms with Crippen LogP contribution in [0.5, 0.6) is 0 Å². The molecule has 0 saturated carbocycles. The van der Waals surface area contributed by atoms with Crippen LogP contribution in [-0.4, -0.2) is 0 Å². The zero-order valence-corrected chi connectivity index (χ0v) is 26.3. The highest BCUT2D eigenvalue weighted by molar-refractivity contribution is 7.26. The third kappa shape index (κ3) is 4.88. The third-order valence-corrected chi connectivity index (χ3v) is 10.3. The van der Waals surface area contributed by atoms with Gasteiger partial charge in [0.1, 0.15) is 0 Å². The van der Waals surface area contributed by atoms with Crippen LogP contribution in [0.1, 0.15) is 25.0 Å². The molecule has 0 aliphatic rings. The lowest BCUT2D eigenvalue weighted by Crippen LogP contribution is -2.19. The van der Waals surface area contributed by atoms with Crippen LogP contribution in [0.15, 0.2) is 164 Å². The smallest absolute Gasteiger partial charge is 0.0476 e. The molecule has 2 heteroatoms. The van der Waals surface area contributed by atoms with Crippen LogP contribution in [-0.2, 0) is 5.41 Å². The Kier molecular flexibility index (Phi) is 6.73. The van der Waals surface area contributed by atoms with Gasteiger partial charge in [0.15, 0.2) is 0 Å². The molecule has 0 atom stereocenters. The molecule has 0 amide bonds. The van der Waals surface area contributed by atoms with Gasteiger partial charge in [-0.3, -0.25) is 0 Å². The number of hydrogen-bond acceptors (Lipinski definition) is 2. The van der Waals surface area contributed by atoms with Gasteiger partial charge in [-0.25, -0.2) is 0 Å². The maximum atomic E-state index is 2.38. The van der Waals surface area contributed by atoms with Gasteiger partial charge >= 0.3 is 0 Å². The first-order valence-electron chi connectivity index (χ1n) is 15.5. The van der Waals surface area contributed by atoms with Gasteiger partial charge in [0, 0.05) is 42.6 Å². The van der Waals surface area contributed by atoms with E-state index in [1.807, 2.05) is 11.3 Å². The summed E-state index contributed by atoms with van der Waals surface area (Å²) in [7, 11) is 0. The van der Waals surface area contributed by atoms with Gasteiger partial charge in [0.25, 0.3) is 0 Å². The van der Waals surface area contributed by atoms with Crippen molar-refractivity contribution in [2.24, 2.45) is 0 Å². The molecule has 0 aliphatic heterocycles. The van der Waals surface area contributed by atoms with E-state index in [0.717, 1.165) is 17.1 Å².